The van der Waals surface area contributed by atoms with Crippen molar-refractivity contribution in [3.05, 3.63) is 0 Å². The molecule has 1 amide bonds. The van der Waals surface area contributed by atoms with Gasteiger partial charge in [-0.3, -0.25) is 4.79 Å². The quantitative estimate of drug-likeness (QED) is 0.780. The Bertz CT molecular complexity index is 305. The van der Waals surface area contributed by atoms with Crippen LogP contribution in [0.2, 0.25) is 0 Å². The van der Waals surface area contributed by atoms with Gasteiger partial charge in [0, 0.05) is 6.54 Å². The van der Waals surface area contributed by atoms with Crippen molar-refractivity contribution in [1.82, 2.24) is 15.5 Å². The maximum Gasteiger partial charge on any atom is 0.240 e. The number of hydrogen-bond donors (Lipinski definition) is 2. The molecule has 0 spiro atoms. The highest BCUT2D eigenvalue weighted by atomic mass is 16.2. The number of hydrogen-bond acceptors (Lipinski definition) is 3. The van der Waals surface area contributed by atoms with Crippen molar-refractivity contribution in [2.24, 2.45) is 5.92 Å². The molecular weight excluding hydrogens is 250 g/mol. The average molecular weight is 281 g/mol. The van der Waals surface area contributed by atoms with E-state index in [1.165, 1.54) is 25.9 Å². The first kappa shape index (κ1) is 15.8. The maximum atomic E-state index is 12.5. The standard InChI is InChI=1S/C16H31N3O/c1-3-8-16(9-4-10-18-16)15(20)17-11-5-14-6-12-19(2)13-7-14/h14,18H,3-13H2,1-2H3,(H,17,20). The molecule has 4 nitrogen and oxygen atoms in total. The normalized spacial score (nSPS) is 28.7. The van der Waals surface area contributed by atoms with Crippen molar-refractivity contribution in [2.45, 2.75) is 57.4 Å². The topological polar surface area (TPSA) is 44.4 Å². The van der Waals surface area contributed by atoms with E-state index in [1.54, 1.807) is 0 Å². The van der Waals surface area contributed by atoms with Crippen molar-refractivity contribution in [3.63, 3.8) is 0 Å². The molecule has 1 unspecified atom stereocenters. The van der Waals surface area contributed by atoms with Crippen molar-refractivity contribution in [2.75, 3.05) is 33.2 Å². The number of carbonyl (C=O) groups is 1. The summed E-state index contributed by atoms with van der Waals surface area (Å²) >= 11 is 0. The van der Waals surface area contributed by atoms with Gasteiger partial charge in [-0.2, -0.15) is 0 Å². The molecular formula is C16H31N3O. The smallest absolute Gasteiger partial charge is 0.240 e. The van der Waals surface area contributed by atoms with Gasteiger partial charge in [-0.15, -0.1) is 0 Å². The number of amides is 1. The Morgan fingerprint density at radius 1 is 1.40 bits per heavy atom. The van der Waals surface area contributed by atoms with Gasteiger partial charge in [0.1, 0.15) is 0 Å². The summed E-state index contributed by atoms with van der Waals surface area (Å²) in [6, 6.07) is 0. The fourth-order valence-electron chi connectivity index (χ4n) is 3.66. The van der Waals surface area contributed by atoms with Crippen LogP contribution in [0, 0.1) is 5.92 Å². The zero-order valence-electron chi connectivity index (χ0n) is 13.2. The second-order valence-electron chi connectivity index (χ2n) is 6.65. The Morgan fingerprint density at radius 3 is 2.75 bits per heavy atom. The molecule has 2 fully saturated rings. The van der Waals surface area contributed by atoms with Gasteiger partial charge in [-0.1, -0.05) is 13.3 Å². The van der Waals surface area contributed by atoms with E-state index < -0.39 is 0 Å². The highest BCUT2D eigenvalue weighted by molar-refractivity contribution is 5.86. The minimum absolute atomic E-state index is 0.241. The Kier molecular flexibility index (Phi) is 5.85. The first-order valence-corrected chi connectivity index (χ1v) is 8.38. The lowest BCUT2D eigenvalue weighted by atomic mass is 9.90. The molecule has 2 aliphatic heterocycles. The van der Waals surface area contributed by atoms with E-state index in [9.17, 15) is 4.79 Å². The van der Waals surface area contributed by atoms with Crippen molar-refractivity contribution >= 4 is 5.91 Å². The predicted octanol–water partition coefficient (Wildman–Crippen LogP) is 1.76. The lowest BCUT2D eigenvalue weighted by Crippen LogP contribution is -2.53. The van der Waals surface area contributed by atoms with E-state index in [2.05, 4.69) is 29.5 Å². The van der Waals surface area contributed by atoms with Gasteiger partial charge in [-0.25, -0.2) is 0 Å². The minimum Gasteiger partial charge on any atom is -0.354 e. The summed E-state index contributed by atoms with van der Waals surface area (Å²) in [7, 11) is 2.19. The van der Waals surface area contributed by atoms with Gasteiger partial charge in [0.2, 0.25) is 5.91 Å². The monoisotopic (exact) mass is 281 g/mol. The zero-order chi connectivity index (χ0) is 14.4. The average Bonchev–Trinajstić information content (AvgIpc) is 2.91. The van der Waals surface area contributed by atoms with Crippen LogP contribution in [-0.2, 0) is 4.79 Å². The lowest BCUT2D eigenvalue weighted by molar-refractivity contribution is -0.127. The Morgan fingerprint density at radius 2 is 2.15 bits per heavy atom. The number of nitrogens with zero attached hydrogens (tertiary/aromatic N) is 1. The molecule has 2 N–H and O–H groups in total. The van der Waals surface area contributed by atoms with Gasteiger partial charge in [0.05, 0.1) is 5.54 Å². The van der Waals surface area contributed by atoms with Gasteiger partial charge in [0.15, 0.2) is 0 Å². The Hall–Kier alpha value is -0.610. The fourth-order valence-corrected chi connectivity index (χ4v) is 3.66. The van der Waals surface area contributed by atoms with Gasteiger partial charge < -0.3 is 15.5 Å². The van der Waals surface area contributed by atoms with Crippen LogP contribution in [0.4, 0.5) is 0 Å². The molecule has 0 bridgehead atoms. The molecule has 2 rings (SSSR count). The molecule has 0 radical (unpaired) electrons. The molecule has 2 saturated heterocycles. The second kappa shape index (κ2) is 7.41. The van der Waals surface area contributed by atoms with E-state index in [1.807, 2.05) is 0 Å². The number of nitrogens with one attached hydrogen (secondary N) is 2. The van der Waals surface area contributed by atoms with Gasteiger partial charge in [0.25, 0.3) is 0 Å². The van der Waals surface area contributed by atoms with E-state index in [0.717, 1.165) is 51.1 Å². The summed E-state index contributed by atoms with van der Waals surface area (Å²) < 4.78 is 0. The van der Waals surface area contributed by atoms with Crippen LogP contribution in [0.5, 0.6) is 0 Å². The Labute approximate surface area is 123 Å². The molecule has 20 heavy (non-hydrogen) atoms. The third-order valence-corrected chi connectivity index (χ3v) is 5.03. The lowest BCUT2D eigenvalue weighted by Gasteiger charge is -2.30. The largest absolute Gasteiger partial charge is 0.354 e. The number of likely N-dealkylation sites (tertiary alicyclic amines) is 1. The van der Waals surface area contributed by atoms with Crippen molar-refractivity contribution in [3.8, 4) is 0 Å². The van der Waals surface area contributed by atoms with Crippen molar-refractivity contribution in [1.29, 1.82) is 0 Å². The third kappa shape index (κ3) is 3.95. The second-order valence-corrected chi connectivity index (χ2v) is 6.65. The molecule has 0 aromatic heterocycles. The SMILES string of the molecule is CCCC1(C(=O)NCCC2CCN(C)CC2)CCCN1. The van der Waals surface area contributed by atoms with E-state index in [0.29, 0.717) is 0 Å². The molecule has 0 aromatic rings. The van der Waals surface area contributed by atoms with Crippen LogP contribution in [0.3, 0.4) is 0 Å². The summed E-state index contributed by atoms with van der Waals surface area (Å²) in [4.78, 5) is 14.9. The molecule has 0 aliphatic carbocycles. The number of rotatable bonds is 6. The molecule has 2 aliphatic rings. The summed E-state index contributed by atoms with van der Waals surface area (Å²) in [5, 5.41) is 6.64. The number of piperidine rings is 1. The van der Waals surface area contributed by atoms with E-state index in [-0.39, 0.29) is 11.4 Å². The first-order chi connectivity index (χ1) is 9.66. The molecule has 116 valence electrons. The third-order valence-electron chi connectivity index (χ3n) is 5.03. The molecule has 0 aromatic carbocycles. The summed E-state index contributed by atoms with van der Waals surface area (Å²) in [5.41, 5.74) is -0.262. The van der Waals surface area contributed by atoms with Crippen LogP contribution in [-0.4, -0.2) is 49.6 Å². The van der Waals surface area contributed by atoms with E-state index in [4.69, 9.17) is 0 Å². The molecule has 4 heteroatoms. The maximum absolute atomic E-state index is 12.5. The highest BCUT2D eigenvalue weighted by Gasteiger charge is 2.39. The van der Waals surface area contributed by atoms with Crippen LogP contribution < -0.4 is 10.6 Å². The molecule has 1 atom stereocenters. The van der Waals surface area contributed by atoms with Crippen LogP contribution in [0.25, 0.3) is 0 Å². The van der Waals surface area contributed by atoms with Crippen LogP contribution >= 0.6 is 0 Å². The van der Waals surface area contributed by atoms with E-state index >= 15 is 0 Å². The number of carbonyl (C=O) groups excluding carboxylic acids is 1. The van der Waals surface area contributed by atoms with Gasteiger partial charge >= 0.3 is 0 Å². The molecule has 2 heterocycles. The van der Waals surface area contributed by atoms with Crippen LogP contribution in [0.15, 0.2) is 0 Å². The molecule has 0 saturated carbocycles. The Balaban J connectivity index is 1.71. The zero-order valence-corrected chi connectivity index (χ0v) is 13.2. The minimum atomic E-state index is -0.262. The predicted molar refractivity (Wildman–Crippen MR) is 82.7 cm³/mol. The summed E-state index contributed by atoms with van der Waals surface area (Å²) in [6.07, 6.45) is 7.86. The summed E-state index contributed by atoms with van der Waals surface area (Å²) in [6.45, 7) is 6.41. The fraction of sp³-hybridized carbons (Fsp3) is 0.938. The summed E-state index contributed by atoms with van der Waals surface area (Å²) in [5.74, 6) is 1.04. The van der Waals surface area contributed by atoms with Crippen LogP contribution in [0.1, 0.15) is 51.9 Å². The van der Waals surface area contributed by atoms with Crippen molar-refractivity contribution < 1.29 is 4.79 Å². The first-order valence-electron chi connectivity index (χ1n) is 8.38. The highest BCUT2D eigenvalue weighted by Crippen LogP contribution is 2.25. The van der Waals surface area contributed by atoms with Gasteiger partial charge in [-0.05, 0) is 71.1 Å².